The molecule has 1 aliphatic rings. The van der Waals surface area contributed by atoms with Crippen LogP contribution in [0.5, 0.6) is 0 Å². The van der Waals surface area contributed by atoms with Gasteiger partial charge in [-0.1, -0.05) is 34.1 Å². The molecule has 0 aliphatic carbocycles. The summed E-state index contributed by atoms with van der Waals surface area (Å²) in [7, 11) is 0. The SMILES string of the molecule is CC.CCC.Cc1nccc(N2CCOC2=O)n1. The third kappa shape index (κ3) is 5.12. The Bertz CT molecular complexity index is 356. The number of hydrogen-bond donors (Lipinski definition) is 0. The summed E-state index contributed by atoms with van der Waals surface area (Å²) in [5.74, 6) is 1.26. The molecular formula is C13H23N3O2. The normalized spacial score (nSPS) is 12.9. The molecule has 1 aliphatic heterocycles. The minimum Gasteiger partial charge on any atom is -0.447 e. The minimum absolute atomic E-state index is 0.335. The Morgan fingerprint density at radius 1 is 1.39 bits per heavy atom. The molecule has 18 heavy (non-hydrogen) atoms. The molecule has 2 rings (SSSR count). The highest BCUT2D eigenvalue weighted by atomic mass is 16.6. The molecule has 5 nitrogen and oxygen atoms in total. The van der Waals surface area contributed by atoms with Crippen LogP contribution in [0.4, 0.5) is 10.6 Å². The zero-order valence-electron chi connectivity index (χ0n) is 11.9. The van der Waals surface area contributed by atoms with E-state index in [1.807, 2.05) is 13.8 Å². The average Bonchev–Trinajstić information content (AvgIpc) is 2.79. The maximum atomic E-state index is 11.1. The van der Waals surface area contributed by atoms with Crippen LogP contribution in [0.25, 0.3) is 0 Å². The molecule has 1 aromatic rings. The third-order valence-corrected chi connectivity index (χ3v) is 1.80. The molecule has 0 spiro atoms. The molecule has 1 aromatic heterocycles. The fourth-order valence-corrected chi connectivity index (χ4v) is 1.20. The highest BCUT2D eigenvalue weighted by Gasteiger charge is 2.24. The van der Waals surface area contributed by atoms with E-state index in [0.29, 0.717) is 24.8 Å². The summed E-state index contributed by atoms with van der Waals surface area (Å²) in [5, 5.41) is 0. The zero-order valence-corrected chi connectivity index (χ0v) is 11.9. The van der Waals surface area contributed by atoms with Gasteiger partial charge in [-0.25, -0.2) is 14.8 Å². The van der Waals surface area contributed by atoms with Crippen LogP contribution in [0.15, 0.2) is 12.3 Å². The first kappa shape index (κ1) is 16.4. The van der Waals surface area contributed by atoms with Gasteiger partial charge in [0.25, 0.3) is 0 Å². The van der Waals surface area contributed by atoms with E-state index in [1.54, 1.807) is 19.2 Å². The van der Waals surface area contributed by atoms with E-state index in [0.717, 1.165) is 0 Å². The number of nitrogens with zero attached hydrogens (tertiary/aromatic N) is 3. The van der Waals surface area contributed by atoms with E-state index in [-0.39, 0.29) is 6.09 Å². The van der Waals surface area contributed by atoms with E-state index in [1.165, 1.54) is 11.3 Å². The van der Waals surface area contributed by atoms with Crippen molar-refractivity contribution < 1.29 is 9.53 Å². The van der Waals surface area contributed by atoms with Gasteiger partial charge in [0, 0.05) is 6.20 Å². The fraction of sp³-hybridized carbons (Fsp3) is 0.615. The van der Waals surface area contributed by atoms with E-state index in [2.05, 4.69) is 23.8 Å². The molecule has 0 N–H and O–H groups in total. The van der Waals surface area contributed by atoms with Crippen molar-refractivity contribution in [3.05, 3.63) is 18.1 Å². The molecule has 5 heteroatoms. The van der Waals surface area contributed by atoms with Gasteiger partial charge in [0.15, 0.2) is 0 Å². The van der Waals surface area contributed by atoms with Gasteiger partial charge < -0.3 is 4.74 Å². The van der Waals surface area contributed by atoms with E-state index in [9.17, 15) is 4.79 Å². The Morgan fingerprint density at radius 2 is 2.00 bits per heavy atom. The Hall–Kier alpha value is -1.65. The van der Waals surface area contributed by atoms with Crippen LogP contribution >= 0.6 is 0 Å². The lowest BCUT2D eigenvalue weighted by molar-refractivity contribution is 0.181. The molecule has 0 radical (unpaired) electrons. The maximum Gasteiger partial charge on any atom is 0.415 e. The highest BCUT2D eigenvalue weighted by Crippen LogP contribution is 2.14. The molecule has 1 amide bonds. The number of carbonyl (C=O) groups excluding carboxylic acids is 1. The summed E-state index contributed by atoms with van der Waals surface area (Å²) < 4.78 is 4.79. The van der Waals surface area contributed by atoms with Gasteiger partial charge in [-0.3, -0.25) is 4.90 Å². The second kappa shape index (κ2) is 9.39. The summed E-state index contributed by atoms with van der Waals surface area (Å²) in [5.41, 5.74) is 0. The third-order valence-electron chi connectivity index (χ3n) is 1.80. The number of hydrogen-bond acceptors (Lipinski definition) is 4. The average molecular weight is 253 g/mol. The molecule has 2 heterocycles. The van der Waals surface area contributed by atoms with Crippen LogP contribution in [0.1, 0.15) is 39.9 Å². The molecule has 0 bridgehead atoms. The van der Waals surface area contributed by atoms with Gasteiger partial charge in [0.1, 0.15) is 18.2 Å². The first-order chi connectivity index (χ1) is 8.69. The van der Waals surface area contributed by atoms with Crippen LogP contribution < -0.4 is 4.90 Å². The highest BCUT2D eigenvalue weighted by molar-refractivity contribution is 5.87. The lowest BCUT2D eigenvalue weighted by Crippen LogP contribution is -2.24. The van der Waals surface area contributed by atoms with Gasteiger partial charge in [0.05, 0.1) is 6.54 Å². The summed E-state index contributed by atoms with van der Waals surface area (Å²) in [6, 6.07) is 1.69. The van der Waals surface area contributed by atoms with Crippen molar-refractivity contribution in [3.8, 4) is 0 Å². The Balaban J connectivity index is 0.000000509. The van der Waals surface area contributed by atoms with E-state index < -0.39 is 0 Å². The molecule has 0 aromatic carbocycles. The fourth-order valence-electron chi connectivity index (χ4n) is 1.20. The number of cyclic esters (lactones) is 1. The monoisotopic (exact) mass is 253 g/mol. The largest absolute Gasteiger partial charge is 0.447 e. The molecule has 102 valence electrons. The van der Waals surface area contributed by atoms with Crippen LogP contribution in [0.2, 0.25) is 0 Å². The van der Waals surface area contributed by atoms with E-state index in [4.69, 9.17) is 4.74 Å². The molecule has 1 fully saturated rings. The molecule has 0 atom stereocenters. The standard InChI is InChI=1S/C8H9N3O2.C3H8.C2H6/c1-6-9-3-2-7(10-6)11-4-5-13-8(11)12;1-3-2;1-2/h2-3H,4-5H2,1H3;3H2,1-2H3;1-2H3. The number of carbonyl (C=O) groups is 1. The molecular weight excluding hydrogens is 230 g/mol. The predicted octanol–water partition coefficient (Wildman–Crippen LogP) is 3.18. The smallest absolute Gasteiger partial charge is 0.415 e. The number of amides is 1. The summed E-state index contributed by atoms with van der Waals surface area (Å²) >= 11 is 0. The van der Waals surface area contributed by atoms with Crippen molar-refractivity contribution in [1.29, 1.82) is 0 Å². The summed E-state index contributed by atoms with van der Waals surface area (Å²) in [6.45, 7) is 11.0. The Morgan fingerprint density at radius 3 is 2.44 bits per heavy atom. The summed E-state index contributed by atoms with van der Waals surface area (Å²) in [4.78, 5) is 20.7. The van der Waals surface area contributed by atoms with Crippen molar-refractivity contribution in [2.45, 2.75) is 41.0 Å². The first-order valence-corrected chi connectivity index (χ1v) is 6.43. The molecule has 1 saturated heterocycles. The number of rotatable bonds is 1. The number of anilines is 1. The van der Waals surface area contributed by atoms with Crippen molar-refractivity contribution >= 4 is 11.9 Å². The van der Waals surface area contributed by atoms with E-state index >= 15 is 0 Å². The van der Waals surface area contributed by atoms with Gasteiger partial charge in [-0.05, 0) is 13.0 Å². The second-order valence-electron chi connectivity index (χ2n) is 3.44. The lowest BCUT2D eigenvalue weighted by Gasteiger charge is -2.10. The maximum absolute atomic E-state index is 11.1. The van der Waals surface area contributed by atoms with Gasteiger partial charge in [-0.2, -0.15) is 0 Å². The topological polar surface area (TPSA) is 55.3 Å². The molecule has 0 unspecified atom stereocenters. The zero-order chi connectivity index (χ0) is 14.0. The van der Waals surface area contributed by atoms with Crippen molar-refractivity contribution in [2.75, 3.05) is 18.1 Å². The van der Waals surface area contributed by atoms with Crippen molar-refractivity contribution in [3.63, 3.8) is 0 Å². The summed E-state index contributed by atoms with van der Waals surface area (Å²) in [6.07, 6.45) is 2.54. The number of aryl methyl sites for hydroxylation is 1. The number of ether oxygens (including phenoxy) is 1. The van der Waals surface area contributed by atoms with Crippen LogP contribution in [-0.4, -0.2) is 29.2 Å². The van der Waals surface area contributed by atoms with Gasteiger partial charge in [0.2, 0.25) is 0 Å². The van der Waals surface area contributed by atoms with Crippen LogP contribution in [0, 0.1) is 6.92 Å². The van der Waals surface area contributed by atoms with Crippen LogP contribution in [-0.2, 0) is 4.74 Å². The Labute approximate surface area is 109 Å². The van der Waals surface area contributed by atoms with Gasteiger partial charge >= 0.3 is 6.09 Å². The minimum atomic E-state index is -0.335. The second-order valence-corrected chi connectivity index (χ2v) is 3.44. The Kier molecular flexibility index (Phi) is 8.53. The van der Waals surface area contributed by atoms with Crippen molar-refractivity contribution in [1.82, 2.24) is 9.97 Å². The van der Waals surface area contributed by atoms with Crippen LogP contribution in [0.3, 0.4) is 0 Å². The molecule has 0 saturated carbocycles. The lowest BCUT2D eigenvalue weighted by atomic mass is 10.5. The van der Waals surface area contributed by atoms with Gasteiger partial charge in [-0.15, -0.1) is 0 Å². The predicted molar refractivity (Wildman–Crippen MR) is 72.8 cm³/mol. The quantitative estimate of drug-likeness (QED) is 0.771. The van der Waals surface area contributed by atoms with Crippen molar-refractivity contribution in [2.24, 2.45) is 0 Å². The first-order valence-electron chi connectivity index (χ1n) is 6.43. The number of aromatic nitrogens is 2.